The highest BCUT2D eigenvalue weighted by molar-refractivity contribution is 6.08. The Labute approximate surface area is 134 Å². The molecular weight excluding hydrogens is 298 g/mol. The highest BCUT2D eigenvalue weighted by Crippen LogP contribution is 2.52. The highest BCUT2D eigenvalue weighted by atomic mass is 16.5. The second-order valence-electron chi connectivity index (χ2n) is 7.60. The second-order valence-corrected chi connectivity index (χ2v) is 7.60. The molecule has 23 heavy (non-hydrogen) atoms. The maximum absolute atomic E-state index is 12.4. The lowest BCUT2D eigenvalue weighted by atomic mass is 9.85. The Kier molecular flexibility index (Phi) is 3.65. The number of esters is 1. The Balaban J connectivity index is 1.59. The lowest BCUT2D eigenvalue weighted by Gasteiger charge is -2.18. The van der Waals surface area contributed by atoms with Crippen LogP contribution in [0.5, 0.6) is 0 Å². The van der Waals surface area contributed by atoms with Crippen LogP contribution in [0.3, 0.4) is 0 Å². The number of imide groups is 1. The molecule has 6 heteroatoms. The zero-order valence-corrected chi connectivity index (χ0v) is 13.6. The summed E-state index contributed by atoms with van der Waals surface area (Å²) in [5.41, 5.74) is -0.596. The number of fused-ring (bicyclic) bond motifs is 5. The zero-order valence-electron chi connectivity index (χ0n) is 13.6. The minimum absolute atomic E-state index is 0.116. The minimum atomic E-state index is -0.718. The third-order valence-corrected chi connectivity index (χ3v) is 5.05. The van der Waals surface area contributed by atoms with Gasteiger partial charge in [-0.05, 0) is 18.3 Å². The average molecular weight is 319 g/mol. The van der Waals surface area contributed by atoms with Crippen LogP contribution in [-0.2, 0) is 23.9 Å². The van der Waals surface area contributed by atoms with Gasteiger partial charge in [0.15, 0.2) is 12.4 Å². The number of hydrogen-bond acceptors (Lipinski definition) is 5. The van der Waals surface area contributed by atoms with Crippen molar-refractivity contribution in [2.75, 3.05) is 13.2 Å². The first-order chi connectivity index (χ1) is 10.7. The van der Waals surface area contributed by atoms with Crippen LogP contribution in [0, 0.1) is 29.1 Å². The fraction of sp³-hybridized carbons (Fsp3) is 0.647. The van der Waals surface area contributed by atoms with Gasteiger partial charge in [0.1, 0.15) is 6.54 Å². The maximum atomic E-state index is 12.4. The van der Waals surface area contributed by atoms with Crippen LogP contribution in [0.25, 0.3) is 0 Å². The van der Waals surface area contributed by atoms with Crippen LogP contribution in [0.4, 0.5) is 0 Å². The van der Waals surface area contributed by atoms with Crippen molar-refractivity contribution >= 4 is 23.6 Å². The van der Waals surface area contributed by atoms with Gasteiger partial charge in [-0.2, -0.15) is 0 Å². The molecular formula is C17H21NO5. The highest BCUT2D eigenvalue weighted by Gasteiger charge is 2.59. The number of ether oxygens (including phenoxy) is 1. The summed E-state index contributed by atoms with van der Waals surface area (Å²) in [5.74, 6) is -1.89. The van der Waals surface area contributed by atoms with E-state index in [1.54, 1.807) is 20.8 Å². The lowest BCUT2D eigenvalue weighted by molar-refractivity contribution is -0.156. The molecule has 0 aromatic carbocycles. The number of Topliss-reactive ketones (excluding diaryl/α,β-unsaturated/α-hetero) is 1. The van der Waals surface area contributed by atoms with Crippen molar-refractivity contribution in [2.24, 2.45) is 29.1 Å². The van der Waals surface area contributed by atoms with E-state index in [1.807, 2.05) is 12.2 Å². The van der Waals surface area contributed by atoms with Gasteiger partial charge < -0.3 is 4.74 Å². The standard InChI is InChI=1S/C17H21NO5/c1-17(2,3)11(19)8-23-12(20)7-18-15(21)13-9-4-5-10(6-9)14(13)16(18)22/h4-5,9-10,13-14H,6-8H2,1-3H3. The quantitative estimate of drug-likeness (QED) is 0.438. The summed E-state index contributed by atoms with van der Waals surface area (Å²) < 4.78 is 4.93. The fourth-order valence-corrected chi connectivity index (χ4v) is 3.66. The van der Waals surface area contributed by atoms with Crippen LogP contribution in [0.2, 0.25) is 0 Å². The normalized spacial score (nSPS) is 31.7. The van der Waals surface area contributed by atoms with Crippen molar-refractivity contribution in [1.82, 2.24) is 4.90 Å². The molecule has 2 aliphatic carbocycles. The molecule has 4 atom stereocenters. The third kappa shape index (κ3) is 2.60. The second kappa shape index (κ2) is 5.28. The zero-order chi connectivity index (χ0) is 16.9. The van der Waals surface area contributed by atoms with Crippen LogP contribution in [0.1, 0.15) is 27.2 Å². The van der Waals surface area contributed by atoms with Gasteiger partial charge in [-0.15, -0.1) is 0 Å². The largest absolute Gasteiger partial charge is 0.456 e. The average Bonchev–Trinajstić information content (AvgIpc) is 3.13. The molecule has 0 radical (unpaired) electrons. The van der Waals surface area contributed by atoms with Crippen molar-refractivity contribution in [2.45, 2.75) is 27.2 Å². The summed E-state index contributed by atoms with van der Waals surface area (Å²) in [7, 11) is 0. The number of nitrogens with zero attached hydrogens (tertiary/aromatic N) is 1. The van der Waals surface area contributed by atoms with Crippen LogP contribution in [0.15, 0.2) is 12.2 Å². The molecule has 1 saturated heterocycles. The summed E-state index contributed by atoms with van der Waals surface area (Å²) in [4.78, 5) is 49.5. The SMILES string of the molecule is CC(C)(C)C(=O)COC(=O)CN1C(=O)C2C3C=CC(C3)C2C1=O. The van der Waals surface area contributed by atoms with Gasteiger partial charge in [0.05, 0.1) is 11.8 Å². The predicted octanol–water partition coefficient (Wildman–Crippen LogP) is 0.952. The summed E-state index contributed by atoms with van der Waals surface area (Å²) in [5, 5.41) is 0. The molecule has 2 bridgehead atoms. The van der Waals surface area contributed by atoms with Gasteiger partial charge in [-0.1, -0.05) is 32.9 Å². The number of carbonyl (C=O) groups is 4. The first-order valence-electron chi connectivity index (χ1n) is 7.92. The van der Waals surface area contributed by atoms with Crippen LogP contribution >= 0.6 is 0 Å². The molecule has 124 valence electrons. The molecule has 0 aromatic heterocycles. The van der Waals surface area contributed by atoms with Gasteiger partial charge in [-0.25, -0.2) is 0 Å². The minimum Gasteiger partial charge on any atom is -0.456 e. The third-order valence-electron chi connectivity index (χ3n) is 5.05. The lowest BCUT2D eigenvalue weighted by Crippen LogP contribution is -2.38. The number of allylic oxidation sites excluding steroid dienone is 2. The Bertz CT molecular complexity index is 585. The number of rotatable bonds is 4. The molecule has 0 spiro atoms. The fourth-order valence-electron chi connectivity index (χ4n) is 3.66. The Morgan fingerprint density at radius 1 is 1.13 bits per heavy atom. The Morgan fingerprint density at radius 3 is 2.13 bits per heavy atom. The summed E-state index contributed by atoms with van der Waals surface area (Å²) in [6.07, 6.45) is 4.85. The van der Waals surface area contributed by atoms with Crippen molar-refractivity contribution < 1.29 is 23.9 Å². The van der Waals surface area contributed by atoms with Crippen molar-refractivity contribution in [3.8, 4) is 0 Å². The van der Waals surface area contributed by atoms with Gasteiger partial charge in [-0.3, -0.25) is 24.1 Å². The van der Waals surface area contributed by atoms with E-state index >= 15 is 0 Å². The monoisotopic (exact) mass is 319 g/mol. The number of hydrogen-bond donors (Lipinski definition) is 0. The number of ketones is 1. The molecule has 1 saturated carbocycles. The van der Waals surface area contributed by atoms with Gasteiger partial charge in [0.25, 0.3) is 0 Å². The molecule has 2 fully saturated rings. The molecule has 3 rings (SSSR count). The van der Waals surface area contributed by atoms with Gasteiger partial charge in [0.2, 0.25) is 11.8 Å². The van der Waals surface area contributed by atoms with E-state index in [-0.39, 0.29) is 47.9 Å². The van der Waals surface area contributed by atoms with E-state index in [0.717, 1.165) is 11.3 Å². The Morgan fingerprint density at radius 2 is 1.65 bits per heavy atom. The maximum Gasteiger partial charge on any atom is 0.326 e. The topological polar surface area (TPSA) is 80.8 Å². The summed E-state index contributed by atoms with van der Waals surface area (Å²) >= 11 is 0. The molecule has 0 N–H and O–H groups in total. The van der Waals surface area contributed by atoms with Crippen LogP contribution in [-0.4, -0.2) is 41.6 Å². The van der Waals surface area contributed by atoms with E-state index in [0.29, 0.717) is 0 Å². The molecule has 4 unspecified atom stereocenters. The molecule has 6 nitrogen and oxygen atoms in total. The molecule has 1 aliphatic heterocycles. The number of carbonyl (C=O) groups excluding carboxylic acids is 4. The Hall–Kier alpha value is -1.98. The summed E-state index contributed by atoms with van der Waals surface area (Å²) in [6.45, 7) is 4.47. The van der Waals surface area contributed by atoms with E-state index < -0.39 is 17.9 Å². The molecule has 3 aliphatic rings. The number of amides is 2. The van der Waals surface area contributed by atoms with E-state index in [1.165, 1.54) is 0 Å². The van der Waals surface area contributed by atoms with E-state index in [4.69, 9.17) is 4.74 Å². The van der Waals surface area contributed by atoms with E-state index in [2.05, 4.69) is 0 Å². The molecule has 0 aromatic rings. The van der Waals surface area contributed by atoms with Crippen LogP contribution < -0.4 is 0 Å². The van der Waals surface area contributed by atoms with Gasteiger partial charge >= 0.3 is 5.97 Å². The van der Waals surface area contributed by atoms with Crippen molar-refractivity contribution in [3.63, 3.8) is 0 Å². The van der Waals surface area contributed by atoms with Crippen molar-refractivity contribution in [1.29, 1.82) is 0 Å². The first-order valence-corrected chi connectivity index (χ1v) is 7.92. The van der Waals surface area contributed by atoms with E-state index in [9.17, 15) is 19.2 Å². The first kappa shape index (κ1) is 15.9. The molecule has 1 heterocycles. The summed E-state index contributed by atoms with van der Waals surface area (Å²) in [6, 6.07) is 0. The predicted molar refractivity (Wildman–Crippen MR) is 79.9 cm³/mol. The smallest absolute Gasteiger partial charge is 0.326 e. The number of likely N-dealkylation sites (tertiary alicyclic amines) is 1. The van der Waals surface area contributed by atoms with Crippen molar-refractivity contribution in [3.05, 3.63) is 12.2 Å². The van der Waals surface area contributed by atoms with Gasteiger partial charge in [0, 0.05) is 5.41 Å². The molecule has 2 amide bonds.